The van der Waals surface area contributed by atoms with Gasteiger partial charge in [0.25, 0.3) is 0 Å². The summed E-state index contributed by atoms with van der Waals surface area (Å²) in [5.41, 5.74) is 4.24. The van der Waals surface area contributed by atoms with Gasteiger partial charge in [0.15, 0.2) is 17.2 Å². The zero-order chi connectivity index (χ0) is 10.2. The number of nitrogens with zero attached hydrogens (tertiary/aromatic N) is 1. The van der Waals surface area contributed by atoms with E-state index in [9.17, 15) is 4.79 Å². The van der Waals surface area contributed by atoms with Crippen molar-refractivity contribution < 1.29 is 9.36 Å². The van der Waals surface area contributed by atoms with Crippen LogP contribution in [-0.2, 0) is 7.05 Å². The van der Waals surface area contributed by atoms with Gasteiger partial charge < -0.3 is 0 Å². The van der Waals surface area contributed by atoms with Crippen LogP contribution in [0, 0.1) is 20.8 Å². The molecule has 0 saturated carbocycles. The maximum absolute atomic E-state index is 11.3. The summed E-state index contributed by atoms with van der Waals surface area (Å²) in [6.45, 7) is 7.67. The van der Waals surface area contributed by atoms with Gasteiger partial charge in [-0.05, 0) is 19.9 Å². The highest BCUT2D eigenvalue weighted by atomic mass is 16.1. The van der Waals surface area contributed by atoms with E-state index in [0.29, 0.717) is 0 Å². The number of ketones is 1. The molecule has 70 valence electrons. The van der Waals surface area contributed by atoms with Crippen molar-refractivity contribution in [1.29, 1.82) is 0 Å². The fourth-order valence-electron chi connectivity index (χ4n) is 1.48. The molecular weight excluding hydrogens is 162 g/mol. The number of aromatic nitrogens is 1. The molecule has 0 aliphatic heterocycles. The first-order valence-electron chi connectivity index (χ1n) is 4.43. The van der Waals surface area contributed by atoms with Crippen molar-refractivity contribution in [3.8, 4) is 0 Å². The third-order valence-electron chi connectivity index (χ3n) is 2.71. The van der Waals surface area contributed by atoms with Crippen molar-refractivity contribution in [2.24, 2.45) is 7.05 Å². The van der Waals surface area contributed by atoms with Gasteiger partial charge in [0.1, 0.15) is 7.05 Å². The highest BCUT2D eigenvalue weighted by Gasteiger charge is 2.16. The van der Waals surface area contributed by atoms with E-state index in [0.717, 1.165) is 11.3 Å². The average molecular weight is 178 g/mol. The van der Waals surface area contributed by atoms with Crippen molar-refractivity contribution in [2.75, 3.05) is 0 Å². The minimum absolute atomic E-state index is 0.135. The lowest BCUT2D eigenvalue weighted by Gasteiger charge is -2.05. The summed E-state index contributed by atoms with van der Waals surface area (Å²) in [5, 5.41) is 0. The van der Waals surface area contributed by atoms with Gasteiger partial charge in [0.05, 0.1) is 5.56 Å². The lowest BCUT2D eigenvalue weighted by atomic mass is 10.1. The molecule has 0 fully saturated rings. The zero-order valence-corrected chi connectivity index (χ0v) is 8.93. The smallest absolute Gasteiger partial charge is 0.189 e. The van der Waals surface area contributed by atoms with E-state index in [4.69, 9.17) is 0 Å². The van der Waals surface area contributed by atoms with Crippen LogP contribution in [0.15, 0.2) is 6.07 Å². The van der Waals surface area contributed by atoms with Crippen molar-refractivity contribution in [3.63, 3.8) is 0 Å². The predicted octanol–water partition coefficient (Wildman–Crippen LogP) is 1.64. The van der Waals surface area contributed by atoms with Gasteiger partial charge in [-0.3, -0.25) is 4.79 Å². The van der Waals surface area contributed by atoms with Gasteiger partial charge in [-0.2, -0.15) is 0 Å². The normalized spacial score (nSPS) is 10.2. The molecule has 1 heterocycles. The Bertz CT molecular complexity index is 367. The molecule has 0 aromatic carbocycles. The van der Waals surface area contributed by atoms with Crippen LogP contribution in [0.25, 0.3) is 0 Å². The fourth-order valence-corrected chi connectivity index (χ4v) is 1.48. The molecule has 0 bridgehead atoms. The number of Topliss-reactive ketones (excluding diaryl/α,β-unsaturated/α-hetero) is 1. The standard InChI is InChI=1S/C11H16NO/c1-7-6-11(10(4)13)9(3)12(5)8(7)2/h6H,1-5H3/q+1. The summed E-state index contributed by atoms with van der Waals surface area (Å²) in [6, 6.07) is 1.97. The number of aryl methyl sites for hydroxylation is 1. The summed E-state index contributed by atoms with van der Waals surface area (Å²) in [5.74, 6) is 0.135. The number of hydrogen-bond donors (Lipinski definition) is 0. The van der Waals surface area contributed by atoms with Crippen LogP contribution in [0.4, 0.5) is 0 Å². The van der Waals surface area contributed by atoms with E-state index in [1.54, 1.807) is 6.92 Å². The number of pyridine rings is 1. The Labute approximate surface area is 79.2 Å². The Morgan fingerprint density at radius 1 is 1.23 bits per heavy atom. The molecule has 0 radical (unpaired) electrons. The molecule has 0 amide bonds. The third kappa shape index (κ3) is 1.62. The third-order valence-corrected chi connectivity index (χ3v) is 2.71. The molecule has 0 spiro atoms. The van der Waals surface area contributed by atoms with Crippen LogP contribution in [-0.4, -0.2) is 5.78 Å². The first-order chi connectivity index (χ1) is 5.95. The maximum Gasteiger partial charge on any atom is 0.189 e. The second-order valence-electron chi connectivity index (χ2n) is 3.53. The quantitative estimate of drug-likeness (QED) is 0.473. The van der Waals surface area contributed by atoms with Crippen molar-refractivity contribution in [1.82, 2.24) is 0 Å². The summed E-state index contributed by atoms with van der Waals surface area (Å²) in [7, 11) is 1.99. The molecule has 0 N–H and O–H groups in total. The van der Waals surface area contributed by atoms with E-state index in [1.165, 1.54) is 11.3 Å². The zero-order valence-electron chi connectivity index (χ0n) is 8.93. The van der Waals surface area contributed by atoms with Gasteiger partial charge in [0, 0.05) is 19.4 Å². The highest BCUT2D eigenvalue weighted by Crippen LogP contribution is 2.09. The summed E-state index contributed by atoms with van der Waals surface area (Å²) >= 11 is 0. The Kier molecular flexibility index (Phi) is 2.50. The lowest BCUT2D eigenvalue weighted by Crippen LogP contribution is -2.38. The molecule has 2 heteroatoms. The number of carbonyl (C=O) groups is 1. The van der Waals surface area contributed by atoms with Gasteiger partial charge in [0.2, 0.25) is 0 Å². The topological polar surface area (TPSA) is 20.9 Å². The molecule has 0 atom stereocenters. The van der Waals surface area contributed by atoms with Gasteiger partial charge in [-0.1, -0.05) is 0 Å². The highest BCUT2D eigenvalue weighted by molar-refractivity contribution is 5.94. The average Bonchev–Trinajstić information content (AvgIpc) is 2.07. The Balaban J connectivity index is 3.50. The van der Waals surface area contributed by atoms with Crippen molar-refractivity contribution in [3.05, 3.63) is 28.6 Å². The molecule has 0 unspecified atom stereocenters. The van der Waals surface area contributed by atoms with Crippen LogP contribution >= 0.6 is 0 Å². The van der Waals surface area contributed by atoms with Gasteiger partial charge in [-0.15, -0.1) is 0 Å². The molecule has 2 nitrogen and oxygen atoms in total. The van der Waals surface area contributed by atoms with E-state index in [1.807, 2.05) is 27.0 Å². The minimum atomic E-state index is 0.135. The van der Waals surface area contributed by atoms with Crippen LogP contribution in [0.2, 0.25) is 0 Å². The van der Waals surface area contributed by atoms with E-state index < -0.39 is 0 Å². The largest absolute Gasteiger partial charge is 0.294 e. The van der Waals surface area contributed by atoms with E-state index in [-0.39, 0.29) is 5.78 Å². The fraction of sp³-hybridized carbons (Fsp3) is 0.455. The van der Waals surface area contributed by atoms with Crippen LogP contribution < -0.4 is 4.57 Å². The lowest BCUT2D eigenvalue weighted by molar-refractivity contribution is -0.684. The van der Waals surface area contributed by atoms with Gasteiger partial charge in [-0.25, -0.2) is 4.57 Å². The molecule has 0 aliphatic carbocycles. The minimum Gasteiger partial charge on any atom is -0.294 e. The number of carbonyl (C=O) groups excluding carboxylic acids is 1. The SMILES string of the molecule is CC(=O)c1cc(C)c(C)[n+](C)c1C. The Morgan fingerprint density at radius 3 is 2.23 bits per heavy atom. The molecule has 0 aliphatic rings. The molecule has 0 saturated heterocycles. The van der Waals surface area contributed by atoms with Crippen molar-refractivity contribution >= 4 is 5.78 Å². The summed E-state index contributed by atoms with van der Waals surface area (Å²) in [6.07, 6.45) is 0. The first kappa shape index (κ1) is 9.90. The Hall–Kier alpha value is -1.18. The van der Waals surface area contributed by atoms with Crippen LogP contribution in [0.1, 0.15) is 34.2 Å². The second kappa shape index (κ2) is 3.29. The molecule has 1 aromatic rings. The van der Waals surface area contributed by atoms with E-state index in [2.05, 4.69) is 11.5 Å². The summed E-state index contributed by atoms with van der Waals surface area (Å²) < 4.78 is 2.06. The van der Waals surface area contributed by atoms with Gasteiger partial charge >= 0.3 is 0 Å². The number of hydrogen-bond acceptors (Lipinski definition) is 1. The summed E-state index contributed by atoms with van der Waals surface area (Å²) in [4.78, 5) is 11.3. The van der Waals surface area contributed by atoms with Crippen molar-refractivity contribution in [2.45, 2.75) is 27.7 Å². The second-order valence-corrected chi connectivity index (χ2v) is 3.53. The van der Waals surface area contributed by atoms with Crippen LogP contribution in [0.3, 0.4) is 0 Å². The monoisotopic (exact) mass is 178 g/mol. The molecule has 13 heavy (non-hydrogen) atoms. The maximum atomic E-state index is 11.3. The predicted molar refractivity (Wildman–Crippen MR) is 51.8 cm³/mol. The van der Waals surface area contributed by atoms with E-state index >= 15 is 0 Å². The van der Waals surface area contributed by atoms with Crippen LogP contribution in [0.5, 0.6) is 0 Å². The molecule has 1 rings (SSSR count). The number of rotatable bonds is 1. The molecule has 1 aromatic heterocycles. The Morgan fingerprint density at radius 2 is 1.77 bits per heavy atom. The molecular formula is C11H16NO+. The first-order valence-corrected chi connectivity index (χ1v) is 4.43.